The number of rotatable bonds is 4. The second-order valence-corrected chi connectivity index (χ2v) is 5.79. The van der Waals surface area contributed by atoms with Crippen LogP contribution in [0.25, 0.3) is 0 Å². The molecule has 2 nitrogen and oxygen atoms in total. The van der Waals surface area contributed by atoms with Crippen molar-refractivity contribution in [3.05, 3.63) is 69.2 Å². The van der Waals surface area contributed by atoms with Crippen molar-refractivity contribution in [2.24, 2.45) is 0 Å². The minimum Gasteiger partial charge on any atom is -0.348 e. The molecule has 0 atom stereocenters. The van der Waals surface area contributed by atoms with Crippen LogP contribution in [0.2, 0.25) is 0 Å². The van der Waals surface area contributed by atoms with E-state index in [1.165, 1.54) is 5.56 Å². The molecule has 0 saturated heterocycles. The zero-order valence-electron chi connectivity index (χ0n) is 11.7. The average Bonchev–Trinajstić information content (AvgIpc) is 2.44. The minimum absolute atomic E-state index is 0.0473. The van der Waals surface area contributed by atoms with Gasteiger partial charge in [0.05, 0.1) is 0 Å². The first-order valence-electron chi connectivity index (χ1n) is 6.71. The van der Waals surface area contributed by atoms with Crippen molar-refractivity contribution in [3.63, 3.8) is 0 Å². The van der Waals surface area contributed by atoms with E-state index >= 15 is 0 Å². The minimum atomic E-state index is -0.0473. The van der Waals surface area contributed by atoms with Crippen molar-refractivity contribution < 1.29 is 4.79 Å². The molecule has 20 heavy (non-hydrogen) atoms. The Labute approximate surface area is 128 Å². The first-order valence-corrected chi connectivity index (χ1v) is 7.51. The molecule has 0 radical (unpaired) electrons. The summed E-state index contributed by atoms with van der Waals surface area (Å²) in [5.74, 6) is -0.0473. The fourth-order valence-corrected chi connectivity index (χ4v) is 2.65. The number of halogens is 1. The second-order valence-electron chi connectivity index (χ2n) is 4.87. The molecule has 2 rings (SSSR count). The van der Waals surface area contributed by atoms with Gasteiger partial charge in [0.15, 0.2) is 0 Å². The monoisotopic (exact) mass is 331 g/mol. The molecule has 0 spiro atoms. The predicted octanol–water partition coefficient (Wildman–Crippen LogP) is 4.25. The standard InChI is InChI=1S/C17H18BrNO/c1-3-13-4-6-14(7-5-13)11-19-17(20)15-8-12(2)9-16(18)10-15/h4-10H,3,11H2,1-2H3,(H,19,20). The molecule has 0 unspecified atom stereocenters. The van der Waals surface area contributed by atoms with E-state index in [1.54, 1.807) is 0 Å². The topological polar surface area (TPSA) is 29.1 Å². The third-order valence-electron chi connectivity index (χ3n) is 3.19. The van der Waals surface area contributed by atoms with Crippen LogP contribution in [0, 0.1) is 6.92 Å². The lowest BCUT2D eigenvalue weighted by atomic mass is 10.1. The highest BCUT2D eigenvalue weighted by Crippen LogP contribution is 2.15. The highest BCUT2D eigenvalue weighted by Gasteiger charge is 2.06. The number of carbonyl (C=O) groups excluding carboxylic acids is 1. The number of nitrogens with one attached hydrogen (secondary N) is 1. The molecule has 0 bridgehead atoms. The molecule has 0 heterocycles. The predicted molar refractivity (Wildman–Crippen MR) is 85.9 cm³/mol. The molecule has 2 aromatic carbocycles. The summed E-state index contributed by atoms with van der Waals surface area (Å²) in [6, 6.07) is 14.0. The highest BCUT2D eigenvalue weighted by molar-refractivity contribution is 9.10. The zero-order valence-corrected chi connectivity index (χ0v) is 13.3. The molecule has 0 aliphatic heterocycles. The van der Waals surface area contributed by atoms with Gasteiger partial charge in [-0.1, -0.05) is 47.1 Å². The van der Waals surface area contributed by atoms with Gasteiger partial charge in [-0.2, -0.15) is 0 Å². The summed E-state index contributed by atoms with van der Waals surface area (Å²) in [5, 5.41) is 2.95. The van der Waals surface area contributed by atoms with E-state index in [0.717, 1.165) is 22.0 Å². The van der Waals surface area contributed by atoms with E-state index in [1.807, 2.05) is 25.1 Å². The van der Waals surface area contributed by atoms with E-state index in [-0.39, 0.29) is 5.91 Å². The van der Waals surface area contributed by atoms with Crippen molar-refractivity contribution in [3.8, 4) is 0 Å². The molecule has 1 amide bonds. The summed E-state index contributed by atoms with van der Waals surface area (Å²) in [5.41, 5.74) is 4.17. The van der Waals surface area contributed by atoms with Crippen LogP contribution >= 0.6 is 15.9 Å². The summed E-state index contributed by atoms with van der Waals surface area (Å²) in [6.07, 6.45) is 1.03. The van der Waals surface area contributed by atoms with Crippen LogP contribution in [0.5, 0.6) is 0 Å². The van der Waals surface area contributed by atoms with Crippen LogP contribution in [0.3, 0.4) is 0 Å². The summed E-state index contributed by atoms with van der Waals surface area (Å²) < 4.78 is 0.926. The van der Waals surface area contributed by atoms with Crippen LogP contribution in [-0.4, -0.2) is 5.91 Å². The number of aryl methyl sites for hydroxylation is 2. The molecule has 0 fully saturated rings. The Morgan fingerprint density at radius 1 is 1.10 bits per heavy atom. The molecule has 0 aliphatic rings. The maximum atomic E-state index is 12.1. The number of hydrogen-bond acceptors (Lipinski definition) is 1. The third-order valence-corrected chi connectivity index (χ3v) is 3.65. The maximum Gasteiger partial charge on any atom is 0.251 e. The Balaban J connectivity index is 2.00. The van der Waals surface area contributed by atoms with Gasteiger partial charge in [-0.15, -0.1) is 0 Å². The molecule has 104 valence electrons. The lowest BCUT2D eigenvalue weighted by Crippen LogP contribution is -2.22. The van der Waals surface area contributed by atoms with Gasteiger partial charge in [0, 0.05) is 16.6 Å². The Hall–Kier alpha value is -1.61. The molecular weight excluding hydrogens is 314 g/mol. The van der Waals surface area contributed by atoms with Gasteiger partial charge in [0.25, 0.3) is 5.91 Å². The molecule has 2 aromatic rings. The largest absolute Gasteiger partial charge is 0.348 e. The van der Waals surface area contributed by atoms with Crippen LogP contribution < -0.4 is 5.32 Å². The van der Waals surface area contributed by atoms with Gasteiger partial charge in [-0.25, -0.2) is 0 Å². The van der Waals surface area contributed by atoms with Crippen molar-refractivity contribution in [1.82, 2.24) is 5.32 Å². The summed E-state index contributed by atoms with van der Waals surface area (Å²) in [4.78, 5) is 12.1. The van der Waals surface area contributed by atoms with Crippen LogP contribution in [0.15, 0.2) is 46.9 Å². The highest BCUT2D eigenvalue weighted by atomic mass is 79.9. The number of hydrogen-bond donors (Lipinski definition) is 1. The fourth-order valence-electron chi connectivity index (χ4n) is 2.04. The first-order chi connectivity index (χ1) is 9.58. The van der Waals surface area contributed by atoms with Gasteiger partial charge in [-0.05, 0) is 48.2 Å². The van der Waals surface area contributed by atoms with Crippen molar-refractivity contribution in [1.29, 1.82) is 0 Å². The van der Waals surface area contributed by atoms with Gasteiger partial charge in [0.2, 0.25) is 0 Å². The van der Waals surface area contributed by atoms with Gasteiger partial charge in [0.1, 0.15) is 0 Å². The van der Waals surface area contributed by atoms with E-state index in [0.29, 0.717) is 12.1 Å². The molecule has 0 saturated carbocycles. The molecule has 0 aliphatic carbocycles. The zero-order chi connectivity index (χ0) is 14.5. The van der Waals surface area contributed by atoms with Crippen LogP contribution in [-0.2, 0) is 13.0 Å². The SMILES string of the molecule is CCc1ccc(CNC(=O)c2cc(C)cc(Br)c2)cc1. The van der Waals surface area contributed by atoms with E-state index in [4.69, 9.17) is 0 Å². The third kappa shape index (κ3) is 3.94. The molecule has 1 N–H and O–H groups in total. The molecule has 0 aromatic heterocycles. The van der Waals surface area contributed by atoms with E-state index in [9.17, 15) is 4.79 Å². The lowest BCUT2D eigenvalue weighted by Gasteiger charge is -2.07. The van der Waals surface area contributed by atoms with Crippen molar-refractivity contribution >= 4 is 21.8 Å². The molecule has 3 heteroatoms. The average molecular weight is 332 g/mol. The summed E-state index contributed by atoms with van der Waals surface area (Å²) in [7, 11) is 0. The number of benzene rings is 2. The Morgan fingerprint density at radius 2 is 1.75 bits per heavy atom. The van der Waals surface area contributed by atoms with E-state index in [2.05, 4.69) is 52.4 Å². The number of amides is 1. The first kappa shape index (κ1) is 14.8. The van der Waals surface area contributed by atoms with E-state index < -0.39 is 0 Å². The second kappa shape index (κ2) is 6.71. The van der Waals surface area contributed by atoms with Crippen molar-refractivity contribution in [2.45, 2.75) is 26.8 Å². The van der Waals surface area contributed by atoms with Gasteiger partial charge >= 0.3 is 0 Å². The maximum absolute atomic E-state index is 12.1. The Morgan fingerprint density at radius 3 is 2.35 bits per heavy atom. The Kier molecular flexibility index (Phi) is 4.96. The smallest absolute Gasteiger partial charge is 0.251 e. The molecular formula is C17H18BrNO. The lowest BCUT2D eigenvalue weighted by molar-refractivity contribution is 0.0951. The number of carbonyl (C=O) groups is 1. The fraction of sp³-hybridized carbons (Fsp3) is 0.235. The quantitative estimate of drug-likeness (QED) is 0.891. The van der Waals surface area contributed by atoms with Crippen LogP contribution in [0.1, 0.15) is 34.0 Å². The summed E-state index contributed by atoms with van der Waals surface area (Å²) in [6.45, 7) is 4.66. The summed E-state index contributed by atoms with van der Waals surface area (Å²) >= 11 is 3.41. The van der Waals surface area contributed by atoms with Crippen molar-refractivity contribution in [2.75, 3.05) is 0 Å². The Bertz CT molecular complexity index is 585. The van der Waals surface area contributed by atoms with Gasteiger partial charge < -0.3 is 5.32 Å². The van der Waals surface area contributed by atoms with Gasteiger partial charge in [-0.3, -0.25) is 4.79 Å². The van der Waals surface area contributed by atoms with Crippen LogP contribution in [0.4, 0.5) is 0 Å². The normalized spacial score (nSPS) is 10.3.